The first-order valence-corrected chi connectivity index (χ1v) is 7.28. The molecular formula is C14H24N2O. The smallest absolute Gasteiger partial charge is 0.237 e. The highest BCUT2D eigenvalue weighted by Crippen LogP contribution is 2.44. The Labute approximate surface area is 104 Å². The van der Waals surface area contributed by atoms with Crippen molar-refractivity contribution in [1.82, 2.24) is 10.6 Å². The van der Waals surface area contributed by atoms with Crippen LogP contribution in [0.25, 0.3) is 0 Å². The molecule has 2 unspecified atom stereocenters. The van der Waals surface area contributed by atoms with Crippen molar-refractivity contribution in [3.63, 3.8) is 0 Å². The van der Waals surface area contributed by atoms with Gasteiger partial charge >= 0.3 is 0 Å². The molecule has 3 heteroatoms. The fourth-order valence-corrected chi connectivity index (χ4v) is 3.10. The molecule has 96 valence electrons. The van der Waals surface area contributed by atoms with E-state index in [1.54, 1.807) is 0 Å². The molecule has 0 bridgehead atoms. The maximum Gasteiger partial charge on any atom is 0.237 e. The summed E-state index contributed by atoms with van der Waals surface area (Å²) < 4.78 is 0. The first kappa shape index (κ1) is 11.5. The summed E-state index contributed by atoms with van der Waals surface area (Å²) in [5, 5.41) is 6.69. The molecule has 2 N–H and O–H groups in total. The second-order valence-electron chi connectivity index (χ2n) is 6.35. The van der Waals surface area contributed by atoms with Gasteiger partial charge in [-0.1, -0.05) is 6.92 Å². The van der Waals surface area contributed by atoms with Crippen LogP contribution in [0.2, 0.25) is 0 Å². The van der Waals surface area contributed by atoms with Crippen LogP contribution in [0.5, 0.6) is 0 Å². The Balaban J connectivity index is 1.54. The fourth-order valence-electron chi connectivity index (χ4n) is 3.10. The van der Waals surface area contributed by atoms with Crippen molar-refractivity contribution >= 4 is 5.91 Å². The summed E-state index contributed by atoms with van der Waals surface area (Å²) in [7, 11) is 0. The number of carbonyl (C=O) groups excluding carboxylic acids is 1. The molecule has 2 aliphatic carbocycles. The minimum Gasteiger partial charge on any atom is -0.351 e. The molecule has 0 aromatic carbocycles. The van der Waals surface area contributed by atoms with E-state index in [0.717, 1.165) is 24.8 Å². The Morgan fingerprint density at radius 1 is 1.18 bits per heavy atom. The van der Waals surface area contributed by atoms with Crippen molar-refractivity contribution in [2.45, 2.75) is 57.5 Å². The summed E-state index contributed by atoms with van der Waals surface area (Å²) in [5.41, 5.74) is 0. The standard InChI is InChI=1S/C14H24N2O/c1-9-6-7-15-12(8-9)14(17)16-13(10-2-3-10)11-4-5-11/h9-13,15H,2-8H2,1H3,(H,16,17). The van der Waals surface area contributed by atoms with Gasteiger partial charge in [0, 0.05) is 6.04 Å². The Hall–Kier alpha value is -0.570. The van der Waals surface area contributed by atoms with Gasteiger partial charge in [0.25, 0.3) is 0 Å². The molecular weight excluding hydrogens is 212 g/mol. The highest BCUT2D eigenvalue weighted by Gasteiger charge is 2.43. The number of carbonyl (C=O) groups is 1. The fraction of sp³-hybridized carbons (Fsp3) is 0.929. The first-order chi connectivity index (χ1) is 8.24. The lowest BCUT2D eigenvalue weighted by atomic mass is 9.93. The molecule has 1 aliphatic heterocycles. The van der Waals surface area contributed by atoms with Crippen LogP contribution in [0.1, 0.15) is 45.4 Å². The number of amides is 1. The van der Waals surface area contributed by atoms with Crippen LogP contribution in [0.3, 0.4) is 0 Å². The SMILES string of the molecule is CC1CCNC(C(=O)NC(C2CC2)C2CC2)C1. The van der Waals surface area contributed by atoms with Crippen LogP contribution in [0.15, 0.2) is 0 Å². The van der Waals surface area contributed by atoms with E-state index in [-0.39, 0.29) is 11.9 Å². The lowest BCUT2D eigenvalue weighted by Gasteiger charge is -2.29. The van der Waals surface area contributed by atoms with Crippen LogP contribution >= 0.6 is 0 Å². The molecule has 0 radical (unpaired) electrons. The second-order valence-corrected chi connectivity index (χ2v) is 6.35. The molecule has 1 amide bonds. The van der Waals surface area contributed by atoms with Gasteiger partial charge in [-0.3, -0.25) is 4.79 Å². The van der Waals surface area contributed by atoms with E-state index in [2.05, 4.69) is 17.6 Å². The topological polar surface area (TPSA) is 41.1 Å². The molecule has 3 rings (SSSR count). The lowest BCUT2D eigenvalue weighted by Crippen LogP contribution is -2.51. The third-order valence-corrected chi connectivity index (χ3v) is 4.55. The van der Waals surface area contributed by atoms with Crippen molar-refractivity contribution in [3.8, 4) is 0 Å². The van der Waals surface area contributed by atoms with Crippen molar-refractivity contribution in [1.29, 1.82) is 0 Å². The molecule has 0 aromatic rings. The van der Waals surface area contributed by atoms with Gasteiger partial charge in [0.05, 0.1) is 6.04 Å². The number of piperidine rings is 1. The Kier molecular flexibility index (Phi) is 3.12. The molecule has 2 saturated carbocycles. The number of nitrogens with one attached hydrogen (secondary N) is 2. The van der Waals surface area contributed by atoms with Crippen molar-refractivity contribution in [2.75, 3.05) is 6.54 Å². The van der Waals surface area contributed by atoms with E-state index in [0.29, 0.717) is 12.0 Å². The molecule has 1 heterocycles. The molecule has 3 nitrogen and oxygen atoms in total. The van der Waals surface area contributed by atoms with Gasteiger partial charge in [-0.2, -0.15) is 0 Å². The van der Waals surface area contributed by atoms with Gasteiger partial charge in [0.2, 0.25) is 5.91 Å². The van der Waals surface area contributed by atoms with Gasteiger partial charge in [-0.05, 0) is 62.8 Å². The van der Waals surface area contributed by atoms with Gasteiger partial charge in [-0.15, -0.1) is 0 Å². The number of hydrogen-bond donors (Lipinski definition) is 2. The Bertz CT molecular complexity index is 285. The first-order valence-electron chi connectivity index (χ1n) is 7.28. The molecule has 0 aromatic heterocycles. The molecule has 3 fully saturated rings. The van der Waals surface area contributed by atoms with Gasteiger partial charge in [-0.25, -0.2) is 0 Å². The maximum atomic E-state index is 12.2. The predicted molar refractivity (Wildman–Crippen MR) is 67.6 cm³/mol. The van der Waals surface area contributed by atoms with Crippen molar-refractivity contribution < 1.29 is 4.79 Å². The summed E-state index contributed by atoms with van der Waals surface area (Å²) in [6, 6.07) is 0.570. The minimum atomic E-state index is 0.0683. The van der Waals surface area contributed by atoms with Crippen LogP contribution in [0.4, 0.5) is 0 Å². The lowest BCUT2D eigenvalue weighted by molar-refractivity contribution is -0.125. The zero-order valence-electron chi connectivity index (χ0n) is 10.7. The van der Waals surface area contributed by atoms with E-state index in [9.17, 15) is 4.79 Å². The highest BCUT2D eigenvalue weighted by atomic mass is 16.2. The zero-order chi connectivity index (χ0) is 11.8. The Morgan fingerprint density at radius 3 is 2.35 bits per heavy atom. The van der Waals surface area contributed by atoms with Crippen LogP contribution in [-0.2, 0) is 4.79 Å². The van der Waals surface area contributed by atoms with Crippen LogP contribution in [0, 0.1) is 17.8 Å². The average Bonchev–Trinajstić information content (AvgIpc) is 3.16. The average molecular weight is 236 g/mol. The quantitative estimate of drug-likeness (QED) is 0.780. The number of rotatable bonds is 4. The minimum absolute atomic E-state index is 0.0683. The van der Waals surface area contributed by atoms with E-state index in [1.165, 1.54) is 32.1 Å². The molecule has 3 aliphatic rings. The van der Waals surface area contributed by atoms with Crippen molar-refractivity contribution in [3.05, 3.63) is 0 Å². The maximum absolute atomic E-state index is 12.2. The van der Waals surface area contributed by atoms with E-state index >= 15 is 0 Å². The Morgan fingerprint density at radius 2 is 1.82 bits per heavy atom. The van der Waals surface area contributed by atoms with Crippen LogP contribution < -0.4 is 10.6 Å². The summed E-state index contributed by atoms with van der Waals surface area (Å²) in [6.45, 7) is 3.25. The molecule has 2 atom stereocenters. The van der Waals surface area contributed by atoms with Crippen molar-refractivity contribution in [2.24, 2.45) is 17.8 Å². The van der Waals surface area contributed by atoms with E-state index in [1.807, 2.05) is 0 Å². The monoisotopic (exact) mass is 236 g/mol. The largest absolute Gasteiger partial charge is 0.351 e. The summed E-state index contributed by atoms with van der Waals surface area (Å²) >= 11 is 0. The zero-order valence-corrected chi connectivity index (χ0v) is 10.7. The predicted octanol–water partition coefficient (Wildman–Crippen LogP) is 1.68. The normalized spacial score (nSPS) is 33.8. The molecule has 17 heavy (non-hydrogen) atoms. The second kappa shape index (κ2) is 4.60. The molecule has 1 saturated heterocycles. The van der Waals surface area contributed by atoms with Gasteiger partial charge in [0.15, 0.2) is 0 Å². The van der Waals surface area contributed by atoms with Crippen LogP contribution in [-0.4, -0.2) is 24.5 Å². The van der Waals surface area contributed by atoms with Gasteiger partial charge in [0.1, 0.15) is 0 Å². The van der Waals surface area contributed by atoms with Gasteiger partial charge < -0.3 is 10.6 Å². The summed E-state index contributed by atoms with van der Waals surface area (Å²) in [5.74, 6) is 2.55. The highest BCUT2D eigenvalue weighted by molar-refractivity contribution is 5.82. The third-order valence-electron chi connectivity index (χ3n) is 4.55. The van der Waals surface area contributed by atoms with E-state index < -0.39 is 0 Å². The summed E-state index contributed by atoms with van der Waals surface area (Å²) in [6.07, 6.45) is 7.53. The number of hydrogen-bond acceptors (Lipinski definition) is 2. The third kappa shape index (κ3) is 2.82. The summed E-state index contributed by atoms with van der Waals surface area (Å²) in [4.78, 5) is 12.2. The molecule has 0 spiro atoms. The van der Waals surface area contributed by atoms with E-state index in [4.69, 9.17) is 0 Å².